The van der Waals surface area contributed by atoms with Gasteiger partial charge in [0.2, 0.25) is 0 Å². The van der Waals surface area contributed by atoms with Crippen LogP contribution in [0.15, 0.2) is 243 Å². The molecule has 0 amide bonds. The Hall–Kier alpha value is -9.38. The van der Waals surface area contributed by atoms with E-state index in [0.29, 0.717) is 11.6 Å². The van der Waals surface area contributed by atoms with Gasteiger partial charge in [-0.05, 0) is 101 Å². The van der Waals surface area contributed by atoms with Crippen molar-refractivity contribution in [3.63, 3.8) is 0 Å². The lowest BCUT2D eigenvalue weighted by molar-refractivity contribution is 0.755. The third kappa shape index (κ3) is 6.39. The maximum atomic E-state index is 5.35. The van der Waals surface area contributed by atoms with E-state index in [1.165, 1.54) is 76.5 Å². The van der Waals surface area contributed by atoms with Crippen LogP contribution >= 0.6 is 0 Å². The zero-order valence-electron chi connectivity index (χ0n) is 39.0. The van der Waals surface area contributed by atoms with E-state index in [1.807, 2.05) is 12.1 Å². The van der Waals surface area contributed by atoms with Crippen molar-refractivity contribution in [3.05, 3.63) is 276 Å². The molecule has 0 saturated carbocycles. The fourth-order valence-electron chi connectivity index (χ4n) is 12.0. The van der Waals surface area contributed by atoms with Gasteiger partial charge in [0.05, 0.1) is 22.8 Å². The number of benzene rings is 11. The van der Waals surface area contributed by atoms with Crippen molar-refractivity contribution in [2.75, 3.05) is 0 Å². The Labute approximate surface area is 416 Å². The lowest BCUT2D eigenvalue weighted by atomic mass is 9.60. The van der Waals surface area contributed by atoms with Crippen molar-refractivity contribution in [1.82, 2.24) is 19.9 Å². The molecule has 3 aliphatic rings. The van der Waals surface area contributed by atoms with E-state index in [4.69, 9.17) is 19.9 Å². The summed E-state index contributed by atoms with van der Waals surface area (Å²) in [5.41, 5.74) is 18.0. The number of hydrogen-bond acceptors (Lipinski definition) is 4. The van der Waals surface area contributed by atoms with E-state index in [-0.39, 0.29) is 11.8 Å². The molecule has 3 aliphatic carbocycles. The molecule has 16 rings (SSSR count). The fraction of sp³-hybridized carbons (Fsp3) is 0.0294. The van der Waals surface area contributed by atoms with Crippen molar-refractivity contribution in [1.29, 1.82) is 0 Å². The van der Waals surface area contributed by atoms with Crippen molar-refractivity contribution in [2.45, 2.75) is 11.8 Å². The van der Waals surface area contributed by atoms with E-state index in [9.17, 15) is 0 Å². The molecule has 2 heterocycles. The molecule has 72 heavy (non-hydrogen) atoms. The number of rotatable bonds is 6. The van der Waals surface area contributed by atoms with Crippen molar-refractivity contribution in [2.24, 2.45) is 0 Å². The van der Waals surface area contributed by atoms with Crippen LogP contribution in [0.2, 0.25) is 0 Å². The summed E-state index contributed by atoms with van der Waals surface area (Å²) >= 11 is 0. The molecule has 11 aromatic carbocycles. The van der Waals surface area contributed by atoms with E-state index in [1.54, 1.807) is 0 Å². The highest BCUT2D eigenvalue weighted by Crippen LogP contribution is 2.57. The predicted molar refractivity (Wildman–Crippen MR) is 295 cm³/mol. The number of fused-ring (bicyclic) bond motifs is 6. The summed E-state index contributed by atoms with van der Waals surface area (Å²) in [7, 11) is 0. The highest BCUT2D eigenvalue weighted by molar-refractivity contribution is 6.15. The van der Waals surface area contributed by atoms with Gasteiger partial charge in [0.25, 0.3) is 0 Å². The molecule has 4 nitrogen and oxygen atoms in total. The van der Waals surface area contributed by atoms with Crippen LogP contribution in [0.1, 0.15) is 45.2 Å². The van der Waals surface area contributed by atoms with Crippen molar-refractivity contribution in [3.8, 4) is 67.8 Å². The first-order valence-electron chi connectivity index (χ1n) is 24.8. The standard InChI is InChI=1S/C68H42N4/c1-3-17-45(18-4-1)67-69-59(39-61(71-67)55-27-13-21-43-31-29-41-15-7-9-23-49(41)63(43)55)47-33-35-53-57(37-47)65-51-25-11-12-26-52(51)66(53)58-38-48(34-36-54(58)65)60-40-62(72-68(70-60)46-19-5-2-6-20-46)56-28-14-22-44-32-30-42-16-8-10-24-50(42)64(44)56/h1-40,65-66H. The summed E-state index contributed by atoms with van der Waals surface area (Å²) in [6, 6.07) is 87.5. The molecule has 4 heteroatoms. The molecule has 2 bridgehead atoms. The van der Waals surface area contributed by atoms with Gasteiger partial charge in [-0.25, -0.2) is 19.9 Å². The predicted octanol–water partition coefficient (Wildman–Crippen LogP) is 16.9. The Morgan fingerprint density at radius 2 is 0.611 bits per heavy atom. The first-order valence-corrected chi connectivity index (χ1v) is 24.8. The van der Waals surface area contributed by atoms with Crippen molar-refractivity contribution < 1.29 is 0 Å². The summed E-state index contributed by atoms with van der Waals surface area (Å²) in [5.74, 6) is 1.52. The number of aromatic nitrogens is 4. The minimum absolute atomic E-state index is 0.0503. The molecule has 0 N–H and O–H groups in total. The minimum atomic E-state index is 0.0503. The zero-order valence-corrected chi connectivity index (χ0v) is 39.0. The summed E-state index contributed by atoms with van der Waals surface area (Å²) in [6.07, 6.45) is 0. The minimum Gasteiger partial charge on any atom is -0.228 e. The van der Waals surface area contributed by atoms with Gasteiger partial charge in [-0.2, -0.15) is 0 Å². The summed E-state index contributed by atoms with van der Waals surface area (Å²) < 4.78 is 0. The monoisotopic (exact) mass is 914 g/mol. The molecule has 2 unspecified atom stereocenters. The molecule has 0 radical (unpaired) electrons. The van der Waals surface area contributed by atoms with Gasteiger partial charge in [-0.15, -0.1) is 0 Å². The summed E-state index contributed by atoms with van der Waals surface area (Å²) in [5, 5.41) is 9.63. The molecular weight excluding hydrogens is 873 g/mol. The largest absolute Gasteiger partial charge is 0.228 e. The Balaban J connectivity index is 0.883. The SMILES string of the molecule is c1ccc(-c2nc(-c3ccc4c(c3)C3c5ccccc5C4c4cc(-c5cc(-c6cccc7ccc8ccccc8c67)nc(-c6ccccc6)n5)ccc43)cc(-c3cccc4ccc5ccccc5c34)n2)cc1. The third-order valence-electron chi connectivity index (χ3n) is 15.2. The second-order valence-electron chi connectivity index (χ2n) is 19.2. The van der Waals surface area contributed by atoms with E-state index in [2.05, 4.69) is 231 Å². The maximum absolute atomic E-state index is 5.35. The van der Waals surface area contributed by atoms with Crippen LogP contribution < -0.4 is 0 Å². The summed E-state index contributed by atoms with van der Waals surface area (Å²) in [6.45, 7) is 0. The average Bonchev–Trinajstić information content (AvgIpc) is 3.46. The van der Waals surface area contributed by atoms with Gasteiger partial charge in [0, 0.05) is 45.2 Å². The highest BCUT2D eigenvalue weighted by Gasteiger charge is 2.41. The highest BCUT2D eigenvalue weighted by atomic mass is 14.9. The molecule has 13 aromatic rings. The lowest BCUT2D eigenvalue weighted by Gasteiger charge is -2.42. The Kier molecular flexibility index (Phi) is 9.05. The molecule has 334 valence electrons. The first kappa shape index (κ1) is 40.5. The number of nitrogens with zero attached hydrogens (tertiary/aromatic N) is 4. The maximum Gasteiger partial charge on any atom is 0.160 e. The van der Waals surface area contributed by atoms with Crippen LogP contribution in [0.25, 0.3) is 111 Å². The second kappa shape index (κ2) is 16.1. The molecule has 0 fully saturated rings. The number of hydrogen-bond donors (Lipinski definition) is 0. The molecular formula is C68H42N4. The average molecular weight is 915 g/mol. The van der Waals surface area contributed by atoms with E-state index in [0.717, 1.165) is 56.2 Å². The van der Waals surface area contributed by atoms with Crippen molar-refractivity contribution >= 4 is 43.1 Å². The van der Waals surface area contributed by atoms with Crippen LogP contribution in [0.4, 0.5) is 0 Å². The first-order chi connectivity index (χ1) is 35.7. The molecule has 2 atom stereocenters. The van der Waals surface area contributed by atoms with Gasteiger partial charge in [0.1, 0.15) is 0 Å². The lowest BCUT2D eigenvalue weighted by Crippen LogP contribution is -2.27. The Morgan fingerprint density at radius 3 is 1.08 bits per heavy atom. The van der Waals surface area contributed by atoms with E-state index >= 15 is 0 Å². The molecule has 0 spiro atoms. The van der Waals surface area contributed by atoms with Gasteiger partial charge in [0.15, 0.2) is 11.6 Å². The van der Waals surface area contributed by atoms with Gasteiger partial charge in [-0.1, -0.05) is 218 Å². The van der Waals surface area contributed by atoms with Crippen LogP contribution in [0.3, 0.4) is 0 Å². The Morgan fingerprint density at radius 1 is 0.236 bits per heavy atom. The van der Waals surface area contributed by atoms with Crippen LogP contribution in [-0.4, -0.2) is 19.9 Å². The summed E-state index contributed by atoms with van der Waals surface area (Å²) in [4.78, 5) is 21.4. The van der Waals surface area contributed by atoms with Crippen LogP contribution in [-0.2, 0) is 0 Å². The normalized spacial score (nSPS) is 14.4. The van der Waals surface area contributed by atoms with Crippen LogP contribution in [0.5, 0.6) is 0 Å². The second-order valence-corrected chi connectivity index (χ2v) is 19.2. The zero-order chi connectivity index (χ0) is 47.3. The molecule has 0 aliphatic heterocycles. The van der Waals surface area contributed by atoms with Gasteiger partial charge < -0.3 is 0 Å². The third-order valence-corrected chi connectivity index (χ3v) is 15.2. The molecule has 0 saturated heterocycles. The topological polar surface area (TPSA) is 51.6 Å². The van der Waals surface area contributed by atoms with Crippen LogP contribution in [0, 0.1) is 0 Å². The van der Waals surface area contributed by atoms with E-state index < -0.39 is 0 Å². The Bertz CT molecular complexity index is 4070. The fourth-order valence-corrected chi connectivity index (χ4v) is 12.0. The molecule has 2 aromatic heterocycles. The van der Waals surface area contributed by atoms with Gasteiger partial charge in [-0.3, -0.25) is 0 Å². The van der Waals surface area contributed by atoms with Gasteiger partial charge >= 0.3 is 0 Å². The smallest absolute Gasteiger partial charge is 0.160 e. The quantitative estimate of drug-likeness (QED) is 0.156.